The lowest BCUT2D eigenvalue weighted by Crippen LogP contribution is -2.31. The van der Waals surface area contributed by atoms with Crippen LogP contribution in [0.25, 0.3) is 0 Å². The summed E-state index contributed by atoms with van der Waals surface area (Å²) in [5.41, 5.74) is 7.89. The second-order valence-corrected chi connectivity index (χ2v) is 7.18. The van der Waals surface area contributed by atoms with Crippen molar-refractivity contribution in [1.29, 1.82) is 0 Å². The third-order valence-electron chi connectivity index (χ3n) is 3.82. The largest absolute Gasteiger partial charge is 0.327 e. The average molecular weight is 253 g/mol. The first-order chi connectivity index (χ1) is 7.77. The lowest BCUT2D eigenvalue weighted by Gasteiger charge is -2.21. The van der Waals surface area contributed by atoms with Crippen molar-refractivity contribution in [3.05, 3.63) is 29.3 Å². The highest BCUT2D eigenvalue weighted by atomic mass is 32.2. The molecule has 0 aromatic heterocycles. The van der Waals surface area contributed by atoms with Gasteiger partial charge in [0.15, 0.2) is 9.84 Å². The van der Waals surface area contributed by atoms with Crippen molar-refractivity contribution in [1.82, 2.24) is 0 Å². The minimum atomic E-state index is -3.16. The highest BCUT2D eigenvalue weighted by Crippen LogP contribution is 2.50. The fraction of sp³-hybridized carbons (Fsp3) is 0.538. The predicted molar refractivity (Wildman–Crippen MR) is 68.9 cm³/mol. The van der Waals surface area contributed by atoms with E-state index in [0.717, 1.165) is 24.0 Å². The van der Waals surface area contributed by atoms with Crippen LogP contribution in [-0.4, -0.2) is 20.7 Å². The van der Waals surface area contributed by atoms with Crippen LogP contribution < -0.4 is 5.73 Å². The molecule has 1 aliphatic rings. The van der Waals surface area contributed by atoms with Gasteiger partial charge in [0.2, 0.25) is 0 Å². The van der Waals surface area contributed by atoms with Gasteiger partial charge in [-0.25, -0.2) is 8.42 Å². The van der Waals surface area contributed by atoms with E-state index < -0.39 is 9.84 Å². The molecule has 17 heavy (non-hydrogen) atoms. The summed E-state index contributed by atoms with van der Waals surface area (Å²) in [5.74, 6) is 0. The van der Waals surface area contributed by atoms with E-state index >= 15 is 0 Å². The molecule has 2 N–H and O–H groups in total. The number of nitrogens with two attached hydrogens (primary N) is 1. The van der Waals surface area contributed by atoms with Crippen LogP contribution in [0.4, 0.5) is 0 Å². The zero-order chi connectivity index (χ0) is 12.8. The van der Waals surface area contributed by atoms with Gasteiger partial charge in [0.25, 0.3) is 0 Å². The summed E-state index contributed by atoms with van der Waals surface area (Å²) in [7, 11) is -3.16. The highest BCUT2D eigenvalue weighted by Gasteiger charge is 2.47. The zero-order valence-electron chi connectivity index (χ0n) is 10.5. The summed E-state index contributed by atoms with van der Waals surface area (Å²) < 4.78 is 23.4. The van der Waals surface area contributed by atoms with E-state index in [1.807, 2.05) is 26.0 Å². The van der Waals surface area contributed by atoms with Gasteiger partial charge < -0.3 is 5.73 Å². The standard InChI is InChI=1S/C13H19NO2S/c1-9-4-5-11(8-12(9)17(3,15)16)13(6-7-13)10(2)14/h4-5,8,10H,6-7,14H2,1-3H3. The molecule has 0 radical (unpaired) electrons. The van der Waals surface area contributed by atoms with Crippen LogP contribution in [0.1, 0.15) is 30.9 Å². The normalized spacial score (nSPS) is 20.0. The summed E-state index contributed by atoms with van der Waals surface area (Å²) >= 11 is 0. The Hall–Kier alpha value is -0.870. The highest BCUT2D eigenvalue weighted by molar-refractivity contribution is 7.90. The lowest BCUT2D eigenvalue weighted by atomic mass is 9.89. The number of aryl methyl sites for hydroxylation is 1. The van der Waals surface area contributed by atoms with E-state index in [-0.39, 0.29) is 11.5 Å². The predicted octanol–water partition coefficient (Wildman–Crippen LogP) is 1.78. The van der Waals surface area contributed by atoms with E-state index in [9.17, 15) is 8.42 Å². The monoisotopic (exact) mass is 253 g/mol. The SMILES string of the molecule is Cc1ccc(C2(C(C)N)CC2)cc1S(C)(=O)=O. The molecule has 94 valence electrons. The van der Waals surface area contributed by atoms with Crippen molar-refractivity contribution in [2.75, 3.05) is 6.26 Å². The van der Waals surface area contributed by atoms with Crippen LogP contribution in [0.15, 0.2) is 23.1 Å². The van der Waals surface area contributed by atoms with Crippen molar-refractivity contribution in [3.8, 4) is 0 Å². The first-order valence-electron chi connectivity index (χ1n) is 5.84. The molecule has 1 aromatic carbocycles. The fourth-order valence-electron chi connectivity index (χ4n) is 2.45. The lowest BCUT2D eigenvalue weighted by molar-refractivity contribution is 0.554. The number of hydrogen-bond donors (Lipinski definition) is 1. The van der Waals surface area contributed by atoms with Crippen LogP contribution in [0.2, 0.25) is 0 Å². The molecule has 0 amide bonds. The molecule has 1 aromatic rings. The van der Waals surface area contributed by atoms with Crippen LogP contribution in [0.3, 0.4) is 0 Å². The number of sulfone groups is 1. The third kappa shape index (κ3) is 2.11. The molecule has 1 unspecified atom stereocenters. The van der Waals surface area contributed by atoms with Gasteiger partial charge in [-0.05, 0) is 43.9 Å². The first kappa shape index (κ1) is 12.6. The Balaban J connectivity index is 2.53. The van der Waals surface area contributed by atoms with E-state index in [1.165, 1.54) is 6.26 Å². The second-order valence-electron chi connectivity index (χ2n) is 5.20. The smallest absolute Gasteiger partial charge is 0.175 e. The van der Waals surface area contributed by atoms with Gasteiger partial charge in [0, 0.05) is 17.7 Å². The van der Waals surface area contributed by atoms with Gasteiger partial charge in [-0.15, -0.1) is 0 Å². The molecule has 2 rings (SSSR count). The van der Waals surface area contributed by atoms with Gasteiger partial charge in [0.1, 0.15) is 0 Å². The first-order valence-corrected chi connectivity index (χ1v) is 7.73. The Bertz CT molecular complexity index is 543. The van der Waals surface area contributed by atoms with Crippen molar-refractivity contribution < 1.29 is 8.42 Å². The molecule has 0 bridgehead atoms. The van der Waals surface area contributed by atoms with Crippen LogP contribution >= 0.6 is 0 Å². The molecule has 0 aliphatic heterocycles. The maximum Gasteiger partial charge on any atom is 0.175 e. The number of hydrogen-bond acceptors (Lipinski definition) is 3. The molecule has 1 aliphatic carbocycles. The van der Waals surface area contributed by atoms with Gasteiger partial charge >= 0.3 is 0 Å². The maximum atomic E-state index is 11.7. The summed E-state index contributed by atoms with van der Waals surface area (Å²) in [6.07, 6.45) is 3.36. The summed E-state index contributed by atoms with van der Waals surface area (Å²) in [5, 5.41) is 0. The van der Waals surface area contributed by atoms with Crippen molar-refractivity contribution in [2.24, 2.45) is 5.73 Å². The Morgan fingerprint density at radius 1 is 1.35 bits per heavy atom. The second kappa shape index (κ2) is 3.82. The zero-order valence-corrected chi connectivity index (χ0v) is 11.3. The molecule has 0 spiro atoms. The molecule has 1 fully saturated rings. The van der Waals surface area contributed by atoms with E-state index in [4.69, 9.17) is 5.73 Å². The van der Waals surface area contributed by atoms with Crippen LogP contribution in [0.5, 0.6) is 0 Å². The van der Waals surface area contributed by atoms with Gasteiger partial charge in [0.05, 0.1) is 4.90 Å². The number of rotatable bonds is 3. The minimum absolute atomic E-state index is 0.00708. The fourth-order valence-corrected chi connectivity index (χ4v) is 3.44. The molecule has 1 atom stereocenters. The molecular formula is C13H19NO2S. The van der Waals surface area contributed by atoms with E-state index in [1.54, 1.807) is 6.07 Å². The minimum Gasteiger partial charge on any atom is -0.327 e. The molecule has 0 heterocycles. The average Bonchev–Trinajstić information content (AvgIpc) is 2.97. The quantitative estimate of drug-likeness (QED) is 0.893. The van der Waals surface area contributed by atoms with Crippen molar-refractivity contribution in [3.63, 3.8) is 0 Å². The summed E-state index contributed by atoms with van der Waals surface area (Å²) in [4.78, 5) is 0.432. The van der Waals surface area contributed by atoms with E-state index in [0.29, 0.717) is 4.90 Å². The summed E-state index contributed by atoms with van der Waals surface area (Å²) in [6, 6.07) is 5.77. The summed E-state index contributed by atoms with van der Waals surface area (Å²) in [6.45, 7) is 3.82. The third-order valence-corrected chi connectivity index (χ3v) is 5.06. The molecule has 0 saturated heterocycles. The van der Waals surface area contributed by atoms with E-state index in [2.05, 4.69) is 0 Å². The molecule has 1 saturated carbocycles. The Kier molecular flexibility index (Phi) is 2.83. The van der Waals surface area contributed by atoms with Gasteiger partial charge in [-0.1, -0.05) is 12.1 Å². The van der Waals surface area contributed by atoms with Crippen LogP contribution in [-0.2, 0) is 15.3 Å². The Labute approximate surface area is 103 Å². The molecule has 3 nitrogen and oxygen atoms in total. The van der Waals surface area contributed by atoms with Gasteiger partial charge in [-0.3, -0.25) is 0 Å². The molecule has 4 heteroatoms. The van der Waals surface area contributed by atoms with Crippen LogP contribution in [0, 0.1) is 6.92 Å². The Morgan fingerprint density at radius 2 is 1.94 bits per heavy atom. The van der Waals surface area contributed by atoms with Crippen molar-refractivity contribution >= 4 is 9.84 Å². The van der Waals surface area contributed by atoms with Crippen molar-refractivity contribution in [2.45, 2.75) is 43.0 Å². The Morgan fingerprint density at radius 3 is 2.35 bits per heavy atom. The maximum absolute atomic E-state index is 11.7. The number of benzene rings is 1. The topological polar surface area (TPSA) is 60.2 Å². The molecular weight excluding hydrogens is 234 g/mol. The van der Waals surface area contributed by atoms with Gasteiger partial charge in [-0.2, -0.15) is 0 Å².